The topological polar surface area (TPSA) is 36.7 Å². The van der Waals surface area contributed by atoms with Gasteiger partial charge in [0, 0.05) is 10.9 Å². The molecule has 0 bridgehead atoms. The summed E-state index contributed by atoms with van der Waals surface area (Å²) in [6, 6.07) is 16.3. The van der Waals surface area contributed by atoms with E-state index in [9.17, 15) is 18.4 Å². The van der Waals surface area contributed by atoms with Gasteiger partial charge in [0.2, 0.25) is 0 Å². The third-order valence-electron chi connectivity index (χ3n) is 3.47. The van der Waals surface area contributed by atoms with Crippen LogP contribution in [0.2, 0.25) is 0 Å². The van der Waals surface area contributed by atoms with Crippen molar-refractivity contribution in [3.8, 4) is 17.3 Å². The molecule has 0 saturated carbocycles. The number of thiazole rings is 1. The average Bonchev–Trinajstić information content (AvgIpc) is 3.10. The molecule has 124 valence electrons. The average molecular weight is 356 g/mol. The van der Waals surface area contributed by atoms with E-state index in [2.05, 4.69) is 11.1 Å². The van der Waals surface area contributed by atoms with Crippen LogP contribution in [0.3, 0.4) is 0 Å². The summed E-state index contributed by atoms with van der Waals surface area (Å²) in [5, 5.41) is 11.8. The number of rotatable bonds is 3. The van der Waals surface area contributed by atoms with Crippen molar-refractivity contribution in [1.82, 2.24) is 4.98 Å². The molecule has 0 N–H and O–H groups in total. The Morgan fingerprint density at radius 3 is 2.32 bits per heavy atom. The van der Waals surface area contributed by atoms with E-state index >= 15 is 0 Å². The van der Waals surface area contributed by atoms with Gasteiger partial charge in [-0.15, -0.1) is 11.3 Å². The maximum atomic E-state index is 12.6. The molecule has 2 aromatic carbocycles. The minimum absolute atomic E-state index is 0.312. The summed E-state index contributed by atoms with van der Waals surface area (Å²) in [4.78, 5) is 4.45. The Morgan fingerprint density at radius 2 is 1.72 bits per heavy atom. The monoisotopic (exact) mass is 356 g/mol. The molecule has 0 spiro atoms. The van der Waals surface area contributed by atoms with Gasteiger partial charge < -0.3 is 0 Å². The predicted octanol–water partition coefficient (Wildman–Crippen LogP) is 5.89. The lowest BCUT2D eigenvalue weighted by molar-refractivity contribution is -0.137. The first-order valence-electron chi connectivity index (χ1n) is 7.28. The number of halogens is 3. The van der Waals surface area contributed by atoms with Crippen LogP contribution in [0.4, 0.5) is 13.2 Å². The number of benzene rings is 2. The van der Waals surface area contributed by atoms with Crippen LogP contribution in [-0.2, 0) is 6.18 Å². The van der Waals surface area contributed by atoms with Crippen molar-refractivity contribution in [2.75, 3.05) is 0 Å². The van der Waals surface area contributed by atoms with E-state index in [0.717, 1.165) is 23.4 Å². The number of nitriles is 1. The van der Waals surface area contributed by atoms with Crippen molar-refractivity contribution < 1.29 is 13.2 Å². The van der Waals surface area contributed by atoms with Crippen LogP contribution in [-0.4, -0.2) is 4.98 Å². The predicted molar refractivity (Wildman–Crippen MR) is 92.5 cm³/mol. The number of hydrogen-bond donors (Lipinski definition) is 0. The van der Waals surface area contributed by atoms with Gasteiger partial charge in [-0.25, -0.2) is 4.98 Å². The van der Waals surface area contributed by atoms with E-state index in [0.29, 0.717) is 16.1 Å². The maximum Gasteiger partial charge on any atom is 0.416 e. The van der Waals surface area contributed by atoms with Gasteiger partial charge in [0.1, 0.15) is 11.1 Å². The van der Waals surface area contributed by atoms with Crippen molar-refractivity contribution >= 4 is 23.0 Å². The Kier molecular flexibility index (Phi) is 4.68. The van der Waals surface area contributed by atoms with E-state index < -0.39 is 11.7 Å². The molecule has 25 heavy (non-hydrogen) atoms. The second-order valence-electron chi connectivity index (χ2n) is 5.19. The van der Waals surface area contributed by atoms with Crippen molar-refractivity contribution in [1.29, 1.82) is 5.26 Å². The van der Waals surface area contributed by atoms with Gasteiger partial charge in [-0.2, -0.15) is 18.4 Å². The van der Waals surface area contributed by atoms with Crippen molar-refractivity contribution in [3.63, 3.8) is 0 Å². The molecule has 1 heterocycles. The third-order valence-corrected chi connectivity index (χ3v) is 4.35. The maximum absolute atomic E-state index is 12.6. The fraction of sp³-hybridized carbons (Fsp3) is 0.0526. The smallest absolute Gasteiger partial charge is 0.235 e. The normalized spacial score (nSPS) is 12.0. The number of allylic oxidation sites excluding steroid dienone is 1. The van der Waals surface area contributed by atoms with E-state index in [4.69, 9.17) is 0 Å². The standard InChI is InChI=1S/C19H11F3N2S/c20-19(21,22)16-8-6-13(7-9-16)10-15(11-23)18-24-17(12-25-18)14-4-2-1-3-5-14/h1-10,12H/b15-10-. The molecule has 0 atom stereocenters. The highest BCUT2D eigenvalue weighted by atomic mass is 32.1. The van der Waals surface area contributed by atoms with Crippen molar-refractivity contribution in [2.45, 2.75) is 6.18 Å². The summed E-state index contributed by atoms with van der Waals surface area (Å²) in [6.45, 7) is 0. The highest BCUT2D eigenvalue weighted by molar-refractivity contribution is 7.11. The van der Waals surface area contributed by atoms with Crippen LogP contribution < -0.4 is 0 Å². The van der Waals surface area contributed by atoms with E-state index in [1.54, 1.807) is 0 Å². The van der Waals surface area contributed by atoms with Gasteiger partial charge in [0.25, 0.3) is 0 Å². The summed E-state index contributed by atoms with van der Waals surface area (Å²) >= 11 is 1.32. The quantitative estimate of drug-likeness (QED) is 0.548. The number of alkyl halides is 3. The van der Waals surface area contributed by atoms with Crippen LogP contribution in [0.1, 0.15) is 16.1 Å². The van der Waals surface area contributed by atoms with Crippen LogP contribution in [0.5, 0.6) is 0 Å². The Labute approximate surface area is 146 Å². The van der Waals surface area contributed by atoms with Gasteiger partial charge in [-0.05, 0) is 23.8 Å². The fourth-order valence-electron chi connectivity index (χ4n) is 2.22. The van der Waals surface area contributed by atoms with Gasteiger partial charge in [-0.1, -0.05) is 42.5 Å². The molecule has 0 unspecified atom stereocenters. The summed E-state index contributed by atoms with van der Waals surface area (Å²) in [6.07, 6.45) is -2.84. The lowest BCUT2D eigenvalue weighted by atomic mass is 10.1. The molecule has 3 aromatic rings. The SMILES string of the molecule is N#C/C(=C/c1ccc(C(F)(F)F)cc1)c1nc(-c2ccccc2)cs1. The zero-order chi connectivity index (χ0) is 17.9. The molecule has 1 aromatic heterocycles. The van der Waals surface area contributed by atoms with Gasteiger partial charge >= 0.3 is 6.18 Å². The highest BCUT2D eigenvalue weighted by Gasteiger charge is 2.29. The first kappa shape index (κ1) is 16.9. The van der Waals surface area contributed by atoms with Gasteiger partial charge in [0.15, 0.2) is 0 Å². The number of aromatic nitrogens is 1. The summed E-state index contributed by atoms with van der Waals surface area (Å²) < 4.78 is 37.8. The van der Waals surface area contributed by atoms with Crippen molar-refractivity contribution in [2.24, 2.45) is 0 Å². The van der Waals surface area contributed by atoms with Gasteiger partial charge in [-0.3, -0.25) is 0 Å². The Hall–Kier alpha value is -2.91. The van der Waals surface area contributed by atoms with E-state index in [-0.39, 0.29) is 0 Å². The zero-order valence-corrected chi connectivity index (χ0v) is 13.6. The van der Waals surface area contributed by atoms with Crippen LogP contribution in [0.25, 0.3) is 22.9 Å². The second kappa shape index (κ2) is 6.91. The highest BCUT2D eigenvalue weighted by Crippen LogP contribution is 2.30. The molecule has 0 saturated heterocycles. The second-order valence-corrected chi connectivity index (χ2v) is 6.05. The first-order valence-corrected chi connectivity index (χ1v) is 8.16. The Morgan fingerprint density at radius 1 is 1.04 bits per heavy atom. The lowest BCUT2D eigenvalue weighted by Gasteiger charge is -2.06. The van der Waals surface area contributed by atoms with E-state index in [1.807, 2.05) is 35.7 Å². The molecule has 3 rings (SSSR count). The molecular formula is C19H11F3N2S. The number of hydrogen-bond acceptors (Lipinski definition) is 3. The zero-order valence-electron chi connectivity index (χ0n) is 12.8. The Balaban J connectivity index is 1.89. The molecule has 0 amide bonds. The summed E-state index contributed by atoms with van der Waals surface area (Å²) in [5.41, 5.74) is 1.81. The minimum Gasteiger partial charge on any atom is -0.235 e. The fourth-order valence-corrected chi connectivity index (χ4v) is 3.01. The van der Waals surface area contributed by atoms with Crippen molar-refractivity contribution in [3.05, 3.63) is 76.1 Å². The van der Waals surface area contributed by atoms with Crippen LogP contribution in [0.15, 0.2) is 60.0 Å². The number of nitrogens with zero attached hydrogens (tertiary/aromatic N) is 2. The molecule has 2 nitrogen and oxygen atoms in total. The third kappa shape index (κ3) is 3.95. The molecule has 6 heteroatoms. The summed E-state index contributed by atoms with van der Waals surface area (Å²) in [5.74, 6) is 0. The molecule has 0 radical (unpaired) electrons. The molecular weight excluding hydrogens is 345 g/mol. The molecule has 0 aliphatic heterocycles. The van der Waals surface area contributed by atoms with Crippen LogP contribution in [0, 0.1) is 11.3 Å². The Bertz CT molecular complexity index is 933. The first-order chi connectivity index (χ1) is 12.0. The molecule has 0 aliphatic rings. The van der Waals surface area contributed by atoms with Crippen LogP contribution >= 0.6 is 11.3 Å². The minimum atomic E-state index is -4.37. The van der Waals surface area contributed by atoms with E-state index in [1.165, 1.54) is 29.5 Å². The summed E-state index contributed by atoms with van der Waals surface area (Å²) in [7, 11) is 0. The molecule has 0 fully saturated rings. The largest absolute Gasteiger partial charge is 0.416 e. The van der Waals surface area contributed by atoms with Gasteiger partial charge in [0.05, 0.1) is 16.8 Å². The molecule has 0 aliphatic carbocycles. The lowest BCUT2D eigenvalue weighted by Crippen LogP contribution is -2.03.